The predicted molar refractivity (Wildman–Crippen MR) is 168 cm³/mol. The van der Waals surface area contributed by atoms with Crippen molar-refractivity contribution in [3.63, 3.8) is 0 Å². The van der Waals surface area contributed by atoms with E-state index < -0.39 is 0 Å². The van der Waals surface area contributed by atoms with Crippen LogP contribution in [0, 0.1) is 0 Å². The first kappa shape index (κ1) is 25.1. The van der Waals surface area contributed by atoms with Crippen molar-refractivity contribution in [2.45, 2.75) is 13.8 Å². The first-order chi connectivity index (χ1) is 19.7. The van der Waals surface area contributed by atoms with Crippen molar-refractivity contribution in [1.29, 1.82) is 0 Å². The molecule has 0 unspecified atom stereocenters. The summed E-state index contributed by atoms with van der Waals surface area (Å²) in [7, 11) is 0. The zero-order chi connectivity index (χ0) is 27.3. The summed E-state index contributed by atoms with van der Waals surface area (Å²) >= 11 is 0. The van der Waals surface area contributed by atoms with Crippen molar-refractivity contribution in [1.82, 2.24) is 15.0 Å². The SMILES string of the molecule is C/C=C\C=C(/C)c1cc(-c2cc(-c3ncccn3)cc(-c3cccc4ccccc34)c2)cc(-c2ccccc2)n1. The van der Waals surface area contributed by atoms with Crippen LogP contribution in [0.3, 0.4) is 0 Å². The van der Waals surface area contributed by atoms with E-state index in [-0.39, 0.29) is 0 Å². The molecule has 6 rings (SSSR count). The number of hydrogen-bond acceptors (Lipinski definition) is 3. The molecular formula is C37H29N3. The minimum absolute atomic E-state index is 0.701. The van der Waals surface area contributed by atoms with Crippen LogP contribution in [0.1, 0.15) is 19.5 Å². The molecule has 6 aromatic rings. The van der Waals surface area contributed by atoms with E-state index in [1.165, 1.54) is 16.3 Å². The molecule has 3 heteroatoms. The van der Waals surface area contributed by atoms with Crippen molar-refractivity contribution in [3.8, 4) is 44.9 Å². The second kappa shape index (κ2) is 11.3. The Bertz CT molecular complexity index is 1850. The summed E-state index contributed by atoms with van der Waals surface area (Å²) in [6.07, 6.45) is 9.78. The molecule has 2 heterocycles. The summed E-state index contributed by atoms with van der Waals surface area (Å²) in [5.74, 6) is 0.701. The van der Waals surface area contributed by atoms with Gasteiger partial charge in [-0.1, -0.05) is 91.0 Å². The molecular weight excluding hydrogens is 486 g/mol. The highest BCUT2D eigenvalue weighted by molar-refractivity contribution is 5.98. The van der Waals surface area contributed by atoms with Gasteiger partial charge < -0.3 is 0 Å². The third-order valence-electron chi connectivity index (χ3n) is 7.03. The second-order valence-corrected chi connectivity index (χ2v) is 9.77. The van der Waals surface area contributed by atoms with Crippen LogP contribution in [0.5, 0.6) is 0 Å². The number of benzene rings is 4. The van der Waals surface area contributed by atoms with Crippen LogP contribution in [0.15, 0.2) is 140 Å². The fraction of sp³-hybridized carbons (Fsp3) is 0.0541. The van der Waals surface area contributed by atoms with Gasteiger partial charge in [-0.2, -0.15) is 0 Å². The smallest absolute Gasteiger partial charge is 0.159 e. The van der Waals surface area contributed by atoms with E-state index in [1.54, 1.807) is 12.4 Å². The quantitative estimate of drug-likeness (QED) is 0.207. The highest BCUT2D eigenvalue weighted by Crippen LogP contribution is 2.36. The molecule has 0 saturated carbocycles. The molecule has 40 heavy (non-hydrogen) atoms. The molecule has 0 atom stereocenters. The van der Waals surface area contributed by atoms with Crippen LogP contribution < -0.4 is 0 Å². The van der Waals surface area contributed by atoms with Gasteiger partial charge in [0.25, 0.3) is 0 Å². The average Bonchev–Trinajstić information content (AvgIpc) is 3.03. The lowest BCUT2D eigenvalue weighted by molar-refractivity contribution is 1.18. The molecule has 3 nitrogen and oxygen atoms in total. The van der Waals surface area contributed by atoms with Crippen molar-refractivity contribution < 1.29 is 0 Å². The average molecular weight is 516 g/mol. The molecule has 2 aromatic heterocycles. The van der Waals surface area contributed by atoms with Crippen molar-refractivity contribution in [2.75, 3.05) is 0 Å². The summed E-state index contributed by atoms with van der Waals surface area (Å²) < 4.78 is 0. The number of rotatable bonds is 6. The minimum atomic E-state index is 0.701. The van der Waals surface area contributed by atoms with Gasteiger partial charge in [0.15, 0.2) is 5.82 Å². The fourth-order valence-corrected chi connectivity index (χ4v) is 4.99. The summed E-state index contributed by atoms with van der Waals surface area (Å²) in [5.41, 5.74) is 9.54. The summed E-state index contributed by atoms with van der Waals surface area (Å²) in [4.78, 5) is 14.2. The largest absolute Gasteiger partial charge is 0.248 e. The van der Waals surface area contributed by atoms with E-state index in [0.717, 1.165) is 44.8 Å². The summed E-state index contributed by atoms with van der Waals surface area (Å²) in [6, 6.07) is 38.2. The maximum Gasteiger partial charge on any atom is 0.159 e. The molecule has 0 aliphatic carbocycles. The normalized spacial score (nSPS) is 11.8. The van der Waals surface area contributed by atoms with Gasteiger partial charge in [0.2, 0.25) is 0 Å². The van der Waals surface area contributed by atoms with Crippen LogP contribution in [0.4, 0.5) is 0 Å². The Morgan fingerprint density at radius 3 is 2.15 bits per heavy atom. The third kappa shape index (κ3) is 5.23. The molecule has 0 saturated heterocycles. The number of fused-ring (bicyclic) bond motifs is 1. The Kier molecular flexibility index (Phi) is 7.11. The number of allylic oxidation sites excluding steroid dienone is 4. The van der Waals surface area contributed by atoms with Gasteiger partial charge in [-0.05, 0) is 88.8 Å². The lowest BCUT2D eigenvalue weighted by atomic mass is 9.92. The molecule has 0 fully saturated rings. The van der Waals surface area contributed by atoms with Gasteiger partial charge in [0.05, 0.1) is 11.4 Å². The summed E-state index contributed by atoms with van der Waals surface area (Å²) in [5, 5.41) is 2.43. The number of pyridine rings is 1. The van der Waals surface area contributed by atoms with Crippen molar-refractivity contribution in [2.24, 2.45) is 0 Å². The molecule has 0 radical (unpaired) electrons. The monoisotopic (exact) mass is 515 g/mol. The third-order valence-corrected chi connectivity index (χ3v) is 7.03. The van der Waals surface area contributed by atoms with E-state index >= 15 is 0 Å². The topological polar surface area (TPSA) is 38.7 Å². The molecule has 4 aromatic carbocycles. The standard InChI is InChI=1S/C37H29N3/c1-3-4-12-26(2)35-24-30(25-36(40-35)28-14-6-5-7-15-28)29-21-31(23-32(22-29)37-38-19-11-20-39-37)34-18-10-16-27-13-8-9-17-33(27)34/h3-25H,1-2H3/b4-3-,26-12+. The van der Waals surface area contributed by atoms with Gasteiger partial charge in [-0.3, -0.25) is 0 Å². The number of nitrogens with zero attached hydrogens (tertiary/aromatic N) is 3. The Hall–Kier alpha value is -5.15. The molecule has 0 amide bonds. The Morgan fingerprint density at radius 1 is 0.625 bits per heavy atom. The molecule has 0 aliphatic heterocycles. The second-order valence-electron chi connectivity index (χ2n) is 9.77. The Balaban J connectivity index is 1.61. The maximum absolute atomic E-state index is 5.06. The van der Waals surface area contributed by atoms with Crippen LogP contribution in [-0.2, 0) is 0 Å². The van der Waals surface area contributed by atoms with Crippen molar-refractivity contribution >= 4 is 16.3 Å². The zero-order valence-corrected chi connectivity index (χ0v) is 22.6. The Labute approximate surface area is 235 Å². The van der Waals surface area contributed by atoms with Gasteiger partial charge in [0.1, 0.15) is 0 Å². The summed E-state index contributed by atoms with van der Waals surface area (Å²) in [6.45, 7) is 4.13. The number of hydrogen-bond donors (Lipinski definition) is 0. The van der Waals surface area contributed by atoms with Gasteiger partial charge in [-0.25, -0.2) is 15.0 Å². The van der Waals surface area contributed by atoms with E-state index in [9.17, 15) is 0 Å². The molecule has 0 spiro atoms. The number of aromatic nitrogens is 3. The van der Waals surface area contributed by atoms with E-state index in [0.29, 0.717) is 5.82 Å². The zero-order valence-electron chi connectivity index (χ0n) is 22.6. The van der Waals surface area contributed by atoms with Gasteiger partial charge >= 0.3 is 0 Å². The van der Waals surface area contributed by atoms with Crippen LogP contribution in [0.25, 0.3) is 61.2 Å². The predicted octanol–water partition coefficient (Wildman–Crippen LogP) is 9.67. The van der Waals surface area contributed by atoms with Gasteiger partial charge in [0, 0.05) is 23.5 Å². The lowest BCUT2D eigenvalue weighted by Crippen LogP contribution is -1.95. The molecule has 0 bridgehead atoms. The van der Waals surface area contributed by atoms with E-state index in [2.05, 4.69) is 126 Å². The highest BCUT2D eigenvalue weighted by atomic mass is 14.8. The first-order valence-electron chi connectivity index (χ1n) is 13.5. The lowest BCUT2D eigenvalue weighted by Gasteiger charge is -2.14. The minimum Gasteiger partial charge on any atom is -0.248 e. The molecule has 0 aliphatic rings. The van der Waals surface area contributed by atoms with Crippen LogP contribution >= 0.6 is 0 Å². The van der Waals surface area contributed by atoms with E-state index in [1.807, 2.05) is 25.1 Å². The molecule has 0 N–H and O–H groups in total. The van der Waals surface area contributed by atoms with Crippen molar-refractivity contribution in [3.05, 3.63) is 146 Å². The maximum atomic E-state index is 5.06. The van der Waals surface area contributed by atoms with E-state index in [4.69, 9.17) is 4.98 Å². The highest BCUT2D eigenvalue weighted by Gasteiger charge is 2.13. The van der Waals surface area contributed by atoms with Crippen LogP contribution in [0.2, 0.25) is 0 Å². The molecule has 192 valence electrons. The first-order valence-corrected chi connectivity index (χ1v) is 13.5. The fourth-order valence-electron chi connectivity index (χ4n) is 4.99. The van der Waals surface area contributed by atoms with Crippen LogP contribution in [-0.4, -0.2) is 15.0 Å². The Morgan fingerprint density at radius 2 is 1.32 bits per heavy atom. The van der Waals surface area contributed by atoms with Gasteiger partial charge in [-0.15, -0.1) is 0 Å².